The van der Waals surface area contributed by atoms with Crippen LogP contribution in [0, 0.1) is 11.8 Å². The van der Waals surface area contributed by atoms with Gasteiger partial charge in [-0.05, 0) is 18.2 Å². The van der Waals surface area contributed by atoms with Crippen LogP contribution in [-0.2, 0) is 0 Å². The highest BCUT2D eigenvalue weighted by atomic mass is 35.5. The lowest BCUT2D eigenvalue weighted by Gasteiger charge is -1.96. The number of thiol groups is 1. The second-order valence-electron chi connectivity index (χ2n) is 2.31. The summed E-state index contributed by atoms with van der Waals surface area (Å²) in [6.45, 7) is 0. The van der Waals surface area contributed by atoms with Crippen molar-refractivity contribution in [2.75, 3.05) is 5.75 Å². The molecule has 0 unspecified atom stereocenters. The second-order valence-corrected chi connectivity index (χ2v) is 3.06. The van der Waals surface area contributed by atoms with Crippen molar-refractivity contribution in [1.82, 2.24) is 0 Å². The van der Waals surface area contributed by atoms with Gasteiger partial charge in [0.05, 0.1) is 5.75 Å². The molecule has 1 rings (SSSR count). The molecule has 1 nitrogen and oxygen atoms in total. The van der Waals surface area contributed by atoms with Crippen LogP contribution in [0.5, 0.6) is 0 Å². The maximum Gasteiger partial charge on any atom is 0.151 e. The third kappa shape index (κ3) is 2.80. The minimum absolute atomic E-state index is 0.473. The molecule has 66 valence electrons. The van der Waals surface area contributed by atoms with E-state index in [0.717, 1.165) is 6.29 Å². The van der Waals surface area contributed by atoms with Crippen molar-refractivity contribution >= 4 is 30.5 Å². The molecule has 0 amide bonds. The molecule has 0 aromatic heterocycles. The molecule has 13 heavy (non-hydrogen) atoms. The smallest absolute Gasteiger partial charge is 0.151 e. The summed E-state index contributed by atoms with van der Waals surface area (Å²) in [4.78, 5) is 10.6. The maximum absolute atomic E-state index is 10.6. The fourth-order valence-electron chi connectivity index (χ4n) is 0.880. The predicted molar refractivity (Wildman–Crippen MR) is 57.6 cm³/mol. The van der Waals surface area contributed by atoms with Gasteiger partial charge in [0.1, 0.15) is 0 Å². The molecular weight excluding hydrogens is 204 g/mol. The molecule has 0 fully saturated rings. The van der Waals surface area contributed by atoms with Crippen LogP contribution in [0.4, 0.5) is 0 Å². The first-order valence-corrected chi connectivity index (χ1v) is 4.63. The summed E-state index contributed by atoms with van der Waals surface area (Å²) in [6.07, 6.45) is 0.744. The zero-order chi connectivity index (χ0) is 9.68. The van der Waals surface area contributed by atoms with Crippen molar-refractivity contribution in [3.05, 3.63) is 34.3 Å². The Labute approximate surface area is 87.5 Å². The molecule has 0 heterocycles. The Balaban J connectivity index is 3.13. The van der Waals surface area contributed by atoms with Crippen LogP contribution >= 0.6 is 24.2 Å². The highest BCUT2D eigenvalue weighted by molar-refractivity contribution is 7.80. The summed E-state index contributed by atoms with van der Waals surface area (Å²) in [7, 11) is 0. The highest BCUT2D eigenvalue weighted by Crippen LogP contribution is 2.13. The van der Waals surface area contributed by atoms with Gasteiger partial charge < -0.3 is 0 Å². The van der Waals surface area contributed by atoms with Gasteiger partial charge >= 0.3 is 0 Å². The van der Waals surface area contributed by atoms with E-state index in [1.54, 1.807) is 18.2 Å². The Kier molecular flexibility index (Phi) is 3.88. The molecule has 0 N–H and O–H groups in total. The average molecular weight is 211 g/mol. The molecule has 0 aliphatic rings. The van der Waals surface area contributed by atoms with Crippen LogP contribution in [0.25, 0.3) is 0 Å². The van der Waals surface area contributed by atoms with Crippen LogP contribution in [0.3, 0.4) is 0 Å². The van der Waals surface area contributed by atoms with Crippen LogP contribution in [0.2, 0.25) is 5.02 Å². The number of hydrogen-bond acceptors (Lipinski definition) is 2. The lowest BCUT2D eigenvalue weighted by molar-refractivity contribution is 0.112. The van der Waals surface area contributed by atoms with Gasteiger partial charge in [-0.3, -0.25) is 4.79 Å². The Morgan fingerprint density at radius 3 is 2.92 bits per heavy atom. The van der Waals surface area contributed by atoms with Crippen LogP contribution in [0.1, 0.15) is 15.9 Å². The zero-order valence-corrected chi connectivity index (χ0v) is 8.40. The van der Waals surface area contributed by atoms with E-state index in [1.165, 1.54) is 0 Å². The van der Waals surface area contributed by atoms with Gasteiger partial charge in [0.15, 0.2) is 6.29 Å². The van der Waals surface area contributed by atoms with Gasteiger partial charge in [0, 0.05) is 16.1 Å². The number of carbonyl (C=O) groups is 1. The van der Waals surface area contributed by atoms with Crippen molar-refractivity contribution in [3.63, 3.8) is 0 Å². The van der Waals surface area contributed by atoms with Crippen LogP contribution < -0.4 is 0 Å². The van der Waals surface area contributed by atoms with E-state index in [2.05, 4.69) is 24.5 Å². The SMILES string of the molecule is O=Cc1cc(Cl)ccc1C#CCS. The third-order valence-corrected chi connectivity index (χ3v) is 1.84. The normalized spacial score (nSPS) is 8.77. The largest absolute Gasteiger partial charge is 0.298 e. The molecule has 0 saturated heterocycles. The number of carbonyl (C=O) groups excluding carboxylic acids is 1. The minimum Gasteiger partial charge on any atom is -0.298 e. The van der Waals surface area contributed by atoms with Gasteiger partial charge in [-0.25, -0.2) is 0 Å². The average Bonchev–Trinajstić information content (AvgIpc) is 2.16. The molecule has 0 atom stereocenters. The molecule has 0 bridgehead atoms. The first-order chi connectivity index (χ1) is 6.27. The topological polar surface area (TPSA) is 17.1 Å². The summed E-state index contributed by atoms with van der Waals surface area (Å²) in [5.74, 6) is 6.07. The maximum atomic E-state index is 10.6. The standard InChI is InChI=1S/C10H7ClOS/c11-10-4-3-8(2-1-5-13)9(6-10)7-12/h3-4,6-7,13H,5H2. The van der Waals surface area contributed by atoms with Gasteiger partial charge in [0.2, 0.25) is 0 Å². The number of rotatable bonds is 1. The molecule has 0 aliphatic carbocycles. The molecule has 1 aromatic rings. The summed E-state index contributed by atoms with van der Waals surface area (Å²) in [5, 5.41) is 0.540. The summed E-state index contributed by atoms with van der Waals surface area (Å²) in [5.41, 5.74) is 1.20. The van der Waals surface area contributed by atoms with E-state index in [1.807, 2.05) is 0 Å². The quantitative estimate of drug-likeness (QED) is 0.428. The zero-order valence-electron chi connectivity index (χ0n) is 6.75. The van der Waals surface area contributed by atoms with Gasteiger partial charge in [0.25, 0.3) is 0 Å². The molecular formula is C10H7ClOS. The Hall–Kier alpha value is -0.910. The Morgan fingerprint density at radius 1 is 1.54 bits per heavy atom. The molecule has 0 radical (unpaired) electrons. The number of hydrogen-bond donors (Lipinski definition) is 1. The van der Waals surface area contributed by atoms with Crippen LogP contribution in [0.15, 0.2) is 18.2 Å². The second kappa shape index (κ2) is 4.96. The lowest BCUT2D eigenvalue weighted by Crippen LogP contribution is -1.86. The summed E-state index contributed by atoms with van der Waals surface area (Å²) >= 11 is 9.65. The third-order valence-electron chi connectivity index (χ3n) is 1.44. The van der Waals surface area contributed by atoms with E-state index in [0.29, 0.717) is 21.9 Å². The Bertz CT molecular complexity index is 376. The van der Waals surface area contributed by atoms with Crippen LogP contribution in [-0.4, -0.2) is 12.0 Å². The van der Waals surface area contributed by atoms with Crippen molar-refractivity contribution in [1.29, 1.82) is 0 Å². The first-order valence-electron chi connectivity index (χ1n) is 3.62. The summed E-state index contributed by atoms with van der Waals surface area (Å²) in [6, 6.07) is 5.02. The molecule has 0 aliphatic heterocycles. The number of halogens is 1. The van der Waals surface area contributed by atoms with E-state index < -0.39 is 0 Å². The van der Waals surface area contributed by atoms with Crippen molar-refractivity contribution in [2.24, 2.45) is 0 Å². The molecule has 1 aromatic carbocycles. The van der Waals surface area contributed by atoms with Crippen molar-refractivity contribution in [3.8, 4) is 11.8 Å². The summed E-state index contributed by atoms with van der Waals surface area (Å²) < 4.78 is 0. The molecule has 0 saturated carbocycles. The highest BCUT2D eigenvalue weighted by Gasteiger charge is 1.98. The van der Waals surface area contributed by atoms with Gasteiger partial charge in [-0.1, -0.05) is 23.4 Å². The first kappa shape index (κ1) is 10.2. The number of benzene rings is 1. The van der Waals surface area contributed by atoms with E-state index in [-0.39, 0.29) is 0 Å². The van der Waals surface area contributed by atoms with Gasteiger partial charge in [-0.2, -0.15) is 12.6 Å². The lowest BCUT2D eigenvalue weighted by atomic mass is 10.1. The monoisotopic (exact) mass is 210 g/mol. The molecule has 0 spiro atoms. The fraction of sp³-hybridized carbons (Fsp3) is 0.100. The fourth-order valence-corrected chi connectivity index (χ4v) is 1.14. The minimum atomic E-state index is 0.473. The van der Waals surface area contributed by atoms with Crippen molar-refractivity contribution in [2.45, 2.75) is 0 Å². The van der Waals surface area contributed by atoms with Gasteiger partial charge in [-0.15, -0.1) is 0 Å². The van der Waals surface area contributed by atoms with E-state index in [4.69, 9.17) is 11.6 Å². The van der Waals surface area contributed by atoms with E-state index >= 15 is 0 Å². The Morgan fingerprint density at radius 2 is 2.31 bits per heavy atom. The van der Waals surface area contributed by atoms with E-state index in [9.17, 15) is 4.79 Å². The van der Waals surface area contributed by atoms with Crippen molar-refractivity contribution < 1.29 is 4.79 Å². The molecule has 3 heteroatoms. The number of aldehydes is 1. The predicted octanol–water partition coefficient (Wildman–Crippen LogP) is 2.43.